The van der Waals surface area contributed by atoms with Crippen molar-refractivity contribution in [3.63, 3.8) is 0 Å². The van der Waals surface area contributed by atoms with Crippen LogP contribution in [0.15, 0.2) is 73.1 Å². The maximum atomic E-state index is 12.3. The van der Waals surface area contributed by atoms with Gasteiger partial charge in [0.1, 0.15) is 5.82 Å². The topological polar surface area (TPSA) is 73.9 Å². The fourth-order valence-corrected chi connectivity index (χ4v) is 2.95. The van der Waals surface area contributed by atoms with Gasteiger partial charge in [-0.05, 0) is 37.3 Å². The largest absolute Gasteiger partial charge is 0.619 e. The molecule has 0 aliphatic rings. The molecule has 6 nitrogen and oxygen atoms in total. The van der Waals surface area contributed by atoms with Crippen LogP contribution in [0, 0.1) is 12.1 Å². The number of imidazole rings is 1. The second-order valence-corrected chi connectivity index (χ2v) is 5.93. The molecule has 0 aliphatic heterocycles. The Balaban J connectivity index is 1.66. The summed E-state index contributed by atoms with van der Waals surface area (Å²) >= 11 is 0. The predicted octanol–water partition coefficient (Wildman–Crippen LogP) is 3.22. The van der Waals surface area contributed by atoms with E-state index in [2.05, 4.69) is 14.9 Å². The highest BCUT2D eigenvalue weighted by Crippen LogP contribution is 2.24. The van der Waals surface area contributed by atoms with E-state index >= 15 is 0 Å². The van der Waals surface area contributed by atoms with Crippen LogP contribution in [-0.2, 0) is 0 Å². The van der Waals surface area contributed by atoms with Gasteiger partial charge in [0.25, 0.3) is 5.91 Å². The highest BCUT2D eigenvalue weighted by atomic mass is 16.5. The summed E-state index contributed by atoms with van der Waals surface area (Å²) in [4.78, 5) is 16.9. The summed E-state index contributed by atoms with van der Waals surface area (Å²) in [6.07, 6.45) is 2.59. The number of anilines is 1. The van der Waals surface area contributed by atoms with E-state index in [1.54, 1.807) is 0 Å². The van der Waals surface area contributed by atoms with Gasteiger partial charge in [0.2, 0.25) is 0 Å². The van der Waals surface area contributed by atoms with Crippen LogP contribution in [0.4, 0.5) is 5.69 Å². The van der Waals surface area contributed by atoms with Gasteiger partial charge in [0.15, 0.2) is 12.4 Å². The van der Waals surface area contributed by atoms with Gasteiger partial charge in [0, 0.05) is 23.5 Å². The summed E-state index contributed by atoms with van der Waals surface area (Å²) in [5.41, 5.74) is 3.88. The second-order valence-electron chi connectivity index (χ2n) is 5.93. The van der Waals surface area contributed by atoms with Crippen LogP contribution in [0.2, 0.25) is 0 Å². The molecule has 2 aromatic carbocycles. The summed E-state index contributed by atoms with van der Waals surface area (Å²) in [7, 11) is 0. The van der Waals surface area contributed by atoms with E-state index in [4.69, 9.17) is 0 Å². The molecule has 0 spiro atoms. The van der Waals surface area contributed by atoms with Gasteiger partial charge in [-0.2, -0.15) is 4.73 Å². The minimum Gasteiger partial charge on any atom is -0.619 e. The van der Waals surface area contributed by atoms with Crippen molar-refractivity contribution in [2.24, 2.45) is 0 Å². The molecule has 26 heavy (non-hydrogen) atoms. The van der Waals surface area contributed by atoms with Gasteiger partial charge in [-0.15, -0.1) is 0 Å². The molecular weight excluding hydrogens is 328 g/mol. The average Bonchev–Trinajstić information content (AvgIpc) is 2.98. The molecule has 0 saturated carbocycles. The van der Waals surface area contributed by atoms with Crippen molar-refractivity contribution < 1.29 is 9.52 Å². The zero-order valence-electron chi connectivity index (χ0n) is 14.1. The van der Waals surface area contributed by atoms with Gasteiger partial charge in [-0.3, -0.25) is 9.36 Å². The SMILES string of the molecule is Cc1nc2cc(NC(=O)c3cc[n+]([O-])cc3)ccc2n1-c1ccccc1. The van der Waals surface area contributed by atoms with Crippen LogP contribution in [0.5, 0.6) is 0 Å². The maximum absolute atomic E-state index is 12.3. The first-order chi connectivity index (χ1) is 12.6. The maximum Gasteiger partial charge on any atom is 0.256 e. The van der Waals surface area contributed by atoms with Gasteiger partial charge in [-0.25, -0.2) is 4.98 Å². The summed E-state index contributed by atoms with van der Waals surface area (Å²) in [5, 5.41) is 13.9. The minimum atomic E-state index is -0.274. The van der Waals surface area contributed by atoms with Gasteiger partial charge < -0.3 is 10.5 Å². The number of carbonyl (C=O) groups excluding carboxylic acids is 1. The summed E-state index contributed by atoms with van der Waals surface area (Å²) in [6.45, 7) is 1.95. The Hall–Kier alpha value is -3.67. The molecule has 1 N–H and O–H groups in total. The van der Waals surface area contributed by atoms with Crippen LogP contribution in [-0.4, -0.2) is 15.5 Å². The number of carbonyl (C=O) groups is 1. The van der Waals surface area contributed by atoms with Crippen molar-refractivity contribution in [3.8, 4) is 5.69 Å². The van der Waals surface area contributed by atoms with E-state index in [-0.39, 0.29) is 5.91 Å². The van der Waals surface area contributed by atoms with Crippen LogP contribution >= 0.6 is 0 Å². The highest BCUT2D eigenvalue weighted by molar-refractivity contribution is 6.04. The van der Waals surface area contributed by atoms with E-state index in [1.807, 2.05) is 55.5 Å². The summed E-state index contributed by atoms with van der Waals surface area (Å²) < 4.78 is 2.72. The molecule has 0 unspecified atom stereocenters. The number of amides is 1. The van der Waals surface area contributed by atoms with E-state index < -0.39 is 0 Å². The smallest absolute Gasteiger partial charge is 0.256 e. The number of nitrogens with zero attached hydrogens (tertiary/aromatic N) is 3. The quantitative estimate of drug-likeness (QED) is 0.458. The number of fused-ring (bicyclic) bond motifs is 1. The molecule has 4 rings (SSSR count). The molecule has 0 aliphatic carbocycles. The molecule has 4 aromatic rings. The predicted molar refractivity (Wildman–Crippen MR) is 99.2 cm³/mol. The molecule has 1 amide bonds. The van der Waals surface area contributed by atoms with E-state index in [0.29, 0.717) is 16.0 Å². The molecule has 0 saturated heterocycles. The first kappa shape index (κ1) is 15.8. The van der Waals surface area contributed by atoms with Gasteiger partial charge >= 0.3 is 0 Å². The van der Waals surface area contributed by atoms with Crippen molar-refractivity contribution in [3.05, 3.63) is 89.7 Å². The molecule has 2 heterocycles. The lowest BCUT2D eigenvalue weighted by atomic mass is 10.2. The number of pyridine rings is 1. The highest BCUT2D eigenvalue weighted by Gasteiger charge is 2.12. The van der Waals surface area contributed by atoms with E-state index in [0.717, 1.165) is 22.5 Å². The Morgan fingerprint density at radius 3 is 2.54 bits per heavy atom. The molecule has 0 radical (unpaired) electrons. The zero-order chi connectivity index (χ0) is 18.1. The number of aryl methyl sites for hydroxylation is 1. The van der Waals surface area contributed by atoms with Gasteiger partial charge in [0.05, 0.1) is 16.6 Å². The number of aromatic nitrogens is 3. The zero-order valence-corrected chi connectivity index (χ0v) is 14.1. The lowest BCUT2D eigenvalue weighted by Crippen LogP contribution is -2.25. The Morgan fingerprint density at radius 2 is 1.81 bits per heavy atom. The summed E-state index contributed by atoms with van der Waals surface area (Å²) in [6, 6.07) is 18.6. The number of benzene rings is 2. The molecule has 2 aromatic heterocycles. The third kappa shape index (κ3) is 2.88. The second kappa shape index (κ2) is 6.33. The van der Waals surface area contributed by atoms with Crippen molar-refractivity contribution >= 4 is 22.6 Å². The van der Waals surface area contributed by atoms with Crippen molar-refractivity contribution in [1.29, 1.82) is 0 Å². The first-order valence-corrected chi connectivity index (χ1v) is 8.16. The number of nitrogens with one attached hydrogen (secondary N) is 1. The normalized spacial score (nSPS) is 10.8. The number of hydrogen-bond donors (Lipinski definition) is 1. The molecule has 128 valence electrons. The lowest BCUT2D eigenvalue weighted by Gasteiger charge is -2.08. The molecule has 0 bridgehead atoms. The average molecular weight is 344 g/mol. The van der Waals surface area contributed by atoms with Crippen LogP contribution in [0.1, 0.15) is 16.2 Å². The monoisotopic (exact) mass is 344 g/mol. The van der Waals surface area contributed by atoms with E-state index in [1.165, 1.54) is 24.5 Å². The molecule has 0 fully saturated rings. The lowest BCUT2D eigenvalue weighted by molar-refractivity contribution is -0.605. The summed E-state index contributed by atoms with van der Waals surface area (Å²) in [5.74, 6) is 0.599. The Morgan fingerprint density at radius 1 is 1.08 bits per heavy atom. The van der Waals surface area contributed by atoms with E-state index in [9.17, 15) is 10.0 Å². The fraction of sp³-hybridized carbons (Fsp3) is 0.0500. The minimum absolute atomic E-state index is 0.274. The Labute approximate surface area is 149 Å². The number of hydrogen-bond acceptors (Lipinski definition) is 3. The molecule has 0 atom stereocenters. The standard InChI is InChI=1S/C20H16N4O2/c1-14-21-18-13-16(22-20(25)15-9-11-23(26)12-10-15)7-8-19(18)24(14)17-5-3-2-4-6-17/h2-13H,1H3,(H,22,25). The molecule has 6 heteroatoms. The third-order valence-corrected chi connectivity index (χ3v) is 4.16. The van der Waals surface area contributed by atoms with Crippen LogP contribution < -0.4 is 10.0 Å². The first-order valence-electron chi connectivity index (χ1n) is 8.16. The molecular formula is C20H16N4O2. The van der Waals surface area contributed by atoms with Crippen molar-refractivity contribution in [1.82, 2.24) is 9.55 Å². The number of para-hydroxylation sites is 1. The van der Waals surface area contributed by atoms with Crippen LogP contribution in [0.3, 0.4) is 0 Å². The third-order valence-electron chi connectivity index (χ3n) is 4.16. The van der Waals surface area contributed by atoms with Gasteiger partial charge in [-0.1, -0.05) is 18.2 Å². The van der Waals surface area contributed by atoms with Crippen molar-refractivity contribution in [2.45, 2.75) is 6.92 Å². The Bertz CT molecular complexity index is 1090. The number of rotatable bonds is 3. The fourth-order valence-electron chi connectivity index (χ4n) is 2.95. The van der Waals surface area contributed by atoms with Crippen molar-refractivity contribution in [2.75, 3.05) is 5.32 Å². The van der Waals surface area contributed by atoms with Crippen LogP contribution in [0.25, 0.3) is 16.7 Å². The Kier molecular flexibility index (Phi) is 3.85.